The first kappa shape index (κ1) is 15.8. The van der Waals surface area contributed by atoms with Crippen molar-refractivity contribution in [2.75, 3.05) is 24.5 Å². The first-order valence-electron chi connectivity index (χ1n) is 8.46. The Bertz CT molecular complexity index is 618. The first-order valence-corrected chi connectivity index (χ1v) is 8.46. The molecule has 1 saturated heterocycles. The predicted molar refractivity (Wildman–Crippen MR) is 90.6 cm³/mol. The highest BCUT2D eigenvalue weighted by molar-refractivity contribution is 6.08. The molecule has 0 radical (unpaired) electrons. The van der Waals surface area contributed by atoms with E-state index in [1.54, 1.807) is 0 Å². The molecule has 0 saturated carbocycles. The van der Waals surface area contributed by atoms with Crippen LogP contribution in [0.2, 0.25) is 0 Å². The quantitative estimate of drug-likeness (QED) is 0.911. The number of likely N-dealkylation sites (tertiary alicyclic amines) is 1. The van der Waals surface area contributed by atoms with Gasteiger partial charge in [0.25, 0.3) is 0 Å². The van der Waals surface area contributed by atoms with Crippen LogP contribution in [0.1, 0.15) is 39.2 Å². The van der Waals surface area contributed by atoms with Gasteiger partial charge in [-0.05, 0) is 45.2 Å². The molecule has 3 rings (SSSR count). The zero-order chi connectivity index (χ0) is 16.6. The molecular weight excluding hydrogens is 290 g/mol. The number of fused-ring (bicyclic) bond motifs is 2. The number of amides is 3. The van der Waals surface area contributed by atoms with Gasteiger partial charge in [-0.25, -0.2) is 4.79 Å². The summed E-state index contributed by atoms with van der Waals surface area (Å²) in [5.74, 6) is 0.199. The number of nitrogens with one attached hydrogen (secondary N) is 1. The fourth-order valence-electron chi connectivity index (χ4n) is 3.82. The Morgan fingerprint density at radius 2 is 1.91 bits per heavy atom. The Balaban J connectivity index is 1.82. The molecule has 0 unspecified atom stereocenters. The molecule has 0 aromatic heterocycles. The Morgan fingerprint density at radius 3 is 2.52 bits per heavy atom. The van der Waals surface area contributed by atoms with Crippen LogP contribution in [0.4, 0.5) is 10.5 Å². The van der Waals surface area contributed by atoms with Gasteiger partial charge in [-0.3, -0.25) is 4.79 Å². The summed E-state index contributed by atoms with van der Waals surface area (Å²) in [5.41, 5.74) is 1.73. The minimum absolute atomic E-state index is 0.0269. The van der Waals surface area contributed by atoms with Crippen LogP contribution >= 0.6 is 0 Å². The molecule has 1 aromatic carbocycles. The Hall–Kier alpha value is -2.04. The number of nitrogens with zero attached hydrogens (tertiary/aromatic N) is 2. The molecule has 23 heavy (non-hydrogen) atoms. The van der Waals surface area contributed by atoms with Gasteiger partial charge < -0.3 is 15.1 Å². The summed E-state index contributed by atoms with van der Waals surface area (Å²) >= 11 is 0. The smallest absolute Gasteiger partial charge is 0.317 e. The number of hydrogen-bond acceptors (Lipinski definition) is 2. The summed E-state index contributed by atoms with van der Waals surface area (Å²) in [6.07, 6.45) is 1.40. The molecule has 5 heteroatoms. The number of urea groups is 1. The van der Waals surface area contributed by atoms with Gasteiger partial charge in [0, 0.05) is 31.4 Å². The van der Waals surface area contributed by atoms with Crippen molar-refractivity contribution in [3.8, 4) is 0 Å². The zero-order valence-electron chi connectivity index (χ0n) is 14.1. The lowest BCUT2D eigenvalue weighted by atomic mass is 9.73. The topological polar surface area (TPSA) is 52.7 Å². The SMILES string of the molecule is CCN1C(=O)C2(CCN(C(=O)NC(C)C)CC2)c2ccccc21. The highest BCUT2D eigenvalue weighted by atomic mass is 16.2. The highest BCUT2D eigenvalue weighted by Crippen LogP contribution is 2.47. The Kier molecular flexibility index (Phi) is 4.04. The van der Waals surface area contributed by atoms with Crippen LogP contribution in [0, 0.1) is 0 Å². The molecule has 3 amide bonds. The maximum absolute atomic E-state index is 13.0. The Morgan fingerprint density at radius 1 is 1.26 bits per heavy atom. The molecule has 0 aliphatic carbocycles. The summed E-state index contributed by atoms with van der Waals surface area (Å²) in [6, 6.07) is 8.20. The standard InChI is InChI=1S/C18H25N3O2/c1-4-21-15-8-6-5-7-14(15)18(16(21)22)9-11-20(12-10-18)17(23)19-13(2)3/h5-8,13H,4,9-12H2,1-3H3,(H,19,23). The van der Waals surface area contributed by atoms with Crippen LogP contribution in [-0.4, -0.2) is 42.5 Å². The number of para-hydroxylation sites is 1. The number of hydrogen-bond donors (Lipinski definition) is 1. The van der Waals surface area contributed by atoms with Crippen LogP contribution in [-0.2, 0) is 10.2 Å². The van der Waals surface area contributed by atoms with E-state index in [-0.39, 0.29) is 18.0 Å². The summed E-state index contributed by atoms with van der Waals surface area (Å²) in [5, 5.41) is 2.93. The van der Waals surface area contributed by atoms with Crippen LogP contribution in [0.25, 0.3) is 0 Å². The van der Waals surface area contributed by atoms with Gasteiger partial charge in [0.1, 0.15) is 0 Å². The third-order valence-corrected chi connectivity index (χ3v) is 5.00. The van der Waals surface area contributed by atoms with Crippen molar-refractivity contribution in [3.05, 3.63) is 29.8 Å². The molecule has 124 valence electrons. The fraction of sp³-hybridized carbons (Fsp3) is 0.556. The van der Waals surface area contributed by atoms with Gasteiger partial charge in [-0.1, -0.05) is 18.2 Å². The molecule has 0 bridgehead atoms. The van der Waals surface area contributed by atoms with Crippen molar-refractivity contribution in [3.63, 3.8) is 0 Å². The molecule has 2 aliphatic rings. The largest absolute Gasteiger partial charge is 0.336 e. The number of benzene rings is 1. The maximum Gasteiger partial charge on any atom is 0.317 e. The van der Waals surface area contributed by atoms with Gasteiger partial charge in [0.2, 0.25) is 5.91 Å². The number of carbonyl (C=O) groups is 2. The summed E-state index contributed by atoms with van der Waals surface area (Å²) in [7, 11) is 0. The molecule has 0 atom stereocenters. The van der Waals surface area contributed by atoms with E-state index in [1.807, 2.05) is 48.8 Å². The van der Waals surface area contributed by atoms with Gasteiger partial charge in [-0.2, -0.15) is 0 Å². The van der Waals surface area contributed by atoms with Crippen molar-refractivity contribution in [1.29, 1.82) is 0 Å². The minimum Gasteiger partial charge on any atom is -0.336 e. The lowest BCUT2D eigenvalue weighted by Gasteiger charge is -2.38. The predicted octanol–water partition coefficient (Wildman–Crippen LogP) is 2.50. The van der Waals surface area contributed by atoms with Gasteiger partial charge >= 0.3 is 6.03 Å². The van der Waals surface area contributed by atoms with Gasteiger partial charge in [-0.15, -0.1) is 0 Å². The van der Waals surface area contributed by atoms with Gasteiger partial charge in [0.05, 0.1) is 5.41 Å². The molecule has 1 N–H and O–H groups in total. The van der Waals surface area contributed by atoms with Crippen molar-refractivity contribution >= 4 is 17.6 Å². The first-order chi connectivity index (χ1) is 11.0. The normalized spacial score (nSPS) is 19.4. The summed E-state index contributed by atoms with van der Waals surface area (Å²) in [6.45, 7) is 7.86. The second-order valence-electron chi connectivity index (χ2n) is 6.74. The number of carbonyl (C=O) groups excluding carboxylic acids is 2. The lowest BCUT2D eigenvalue weighted by molar-refractivity contribution is -0.124. The third kappa shape index (κ3) is 2.48. The van der Waals surface area contributed by atoms with Crippen LogP contribution in [0.5, 0.6) is 0 Å². The van der Waals surface area contributed by atoms with Crippen molar-refractivity contribution in [2.45, 2.75) is 45.1 Å². The Labute approximate surface area is 137 Å². The third-order valence-electron chi connectivity index (χ3n) is 5.00. The number of piperidine rings is 1. The van der Waals surface area contributed by atoms with E-state index in [4.69, 9.17) is 0 Å². The molecule has 1 fully saturated rings. The monoisotopic (exact) mass is 315 g/mol. The summed E-state index contributed by atoms with van der Waals surface area (Å²) < 4.78 is 0. The highest BCUT2D eigenvalue weighted by Gasteiger charge is 2.51. The van der Waals surface area contributed by atoms with Crippen molar-refractivity contribution < 1.29 is 9.59 Å². The van der Waals surface area contributed by atoms with Crippen LogP contribution in [0.3, 0.4) is 0 Å². The van der Waals surface area contributed by atoms with Crippen LogP contribution in [0.15, 0.2) is 24.3 Å². The number of rotatable bonds is 2. The number of anilines is 1. The van der Waals surface area contributed by atoms with E-state index < -0.39 is 5.41 Å². The van der Waals surface area contributed by atoms with Crippen molar-refractivity contribution in [2.24, 2.45) is 0 Å². The average Bonchev–Trinajstić information content (AvgIpc) is 2.76. The minimum atomic E-state index is -0.443. The molecule has 2 heterocycles. The lowest BCUT2D eigenvalue weighted by Crippen LogP contribution is -2.53. The van der Waals surface area contributed by atoms with E-state index in [9.17, 15) is 9.59 Å². The molecular formula is C18H25N3O2. The molecule has 5 nitrogen and oxygen atoms in total. The zero-order valence-corrected chi connectivity index (χ0v) is 14.1. The summed E-state index contributed by atoms with van der Waals surface area (Å²) in [4.78, 5) is 28.9. The van der Waals surface area contributed by atoms with E-state index in [1.165, 1.54) is 0 Å². The van der Waals surface area contributed by atoms with Gasteiger partial charge in [0.15, 0.2) is 0 Å². The molecule has 1 spiro atoms. The average molecular weight is 315 g/mol. The second kappa shape index (κ2) is 5.87. The fourth-order valence-corrected chi connectivity index (χ4v) is 3.82. The molecule has 1 aromatic rings. The van der Waals surface area contributed by atoms with E-state index >= 15 is 0 Å². The van der Waals surface area contributed by atoms with E-state index in [2.05, 4.69) is 11.4 Å². The van der Waals surface area contributed by atoms with E-state index in [0.29, 0.717) is 32.5 Å². The second-order valence-corrected chi connectivity index (χ2v) is 6.74. The van der Waals surface area contributed by atoms with Crippen molar-refractivity contribution in [1.82, 2.24) is 10.2 Å². The number of likely N-dealkylation sites (N-methyl/N-ethyl adjacent to an activating group) is 1. The molecule has 2 aliphatic heterocycles. The van der Waals surface area contributed by atoms with Crippen LogP contribution < -0.4 is 10.2 Å². The van der Waals surface area contributed by atoms with E-state index in [0.717, 1.165) is 11.3 Å². The maximum atomic E-state index is 13.0.